The maximum Gasteiger partial charge on any atom is 0.323 e. The van der Waals surface area contributed by atoms with Gasteiger partial charge in [-0.25, -0.2) is 0 Å². The first-order valence-corrected chi connectivity index (χ1v) is 7.90. The third kappa shape index (κ3) is 4.13. The van der Waals surface area contributed by atoms with Crippen LogP contribution in [-0.2, 0) is 4.79 Å². The van der Waals surface area contributed by atoms with Gasteiger partial charge in [0, 0.05) is 16.8 Å². The van der Waals surface area contributed by atoms with Crippen molar-refractivity contribution in [2.24, 2.45) is 11.3 Å². The van der Waals surface area contributed by atoms with E-state index in [0.717, 1.165) is 24.9 Å². The second-order valence-corrected chi connectivity index (χ2v) is 7.39. The summed E-state index contributed by atoms with van der Waals surface area (Å²) in [5.74, 6) is -0.314. The number of carboxylic acid groups (broad SMARTS) is 1. The van der Waals surface area contributed by atoms with E-state index >= 15 is 0 Å². The van der Waals surface area contributed by atoms with Crippen LogP contribution in [0.2, 0.25) is 5.02 Å². The SMILES string of the molecule is CC1CC(C)(C)CCC1N(CC(=O)O)c1ccc(Cl)cc1. The van der Waals surface area contributed by atoms with E-state index < -0.39 is 5.97 Å². The van der Waals surface area contributed by atoms with Gasteiger partial charge in [0.25, 0.3) is 0 Å². The van der Waals surface area contributed by atoms with Crippen LogP contribution in [0.4, 0.5) is 5.69 Å². The Morgan fingerprint density at radius 1 is 1.38 bits per heavy atom. The molecule has 2 unspecified atom stereocenters. The molecule has 1 aromatic rings. The molecule has 1 N–H and O–H groups in total. The van der Waals surface area contributed by atoms with E-state index in [0.29, 0.717) is 16.4 Å². The minimum Gasteiger partial charge on any atom is -0.480 e. The molecule has 1 aliphatic rings. The Morgan fingerprint density at radius 3 is 2.52 bits per heavy atom. The highest BCUT2D eigenvalue weighted by molar-refractivity contribution is 6.30. The van der Waals surface area contributed by atoms with Crippen molar-refractivity contribution in [1.82, 2.24) is 0 Å². The summed E-state index contributed by atoms with van der Waals surface area (Å²) in [6.45, 7) is 6.86. The lowest BCUT2D eigenvalue weighted by Gasteiger charge is -2.45. The average molecular weight is 310 g/mol. The molecule has 0 saturated heterocycles. The van der Waals surface area contributed by atoms with Crippen LogP contribution in [0.25, 0.3) is 0 Å². The number of halogens is 1. The Labute approximate surface area is 131 Å². The van der Waals surface area contributed by atoms with Gasteiger partial charge in [-0.05, 0) is 54.9 Å². The molecule has 0 heterocycles. The summed E-state index contributed by atoms with van der Waals surface area (Å²) in [7, 11) is 0. The third-order valence-electron chi connectivity index (χ3n) is 4.51. The van der Waals surface area contributed by atoms with Crippen molar-refractivity contribution in [3.8, 4) is 0 Å². The number of anilines is 1. The number of hydrogen-bond donors (Lipinski definition) is 1. The van der Waals surface area contributed by atoms with Crippen LogP contribution in [0.3, 0.4) is 0 Å². The number of nitrogens with zero attached hydrogens (tertiary/aromatic N) is 1. The highest BCUT2D eigenvalue weighted by atomic mass is 35.5. The molecule has 0 aliphatic heterocycles. The maximum absolute atomic E-state index is 11.3. The van der Waals surface area contributed by atoms with Crippen molar-refractivity contribution in [1.29, 1.82) is 0 Å². The normalized spacial score (nSPS) is 24.6. The molecular formula is C17H24ClNO2. The molecule has 1 aromatic carbocycles. The summed E-state index contributed by atoms with van der Waals surface area (Å²) in [6, 6.07) is 7.75. The lowest BCUT2D eigenvalue weighted by atomic mass is 9.70. The molecule has 1 fully saturated rings. The summed E-state index contributed by atoms with van der Waals surface area (Å²) in [4.78, 5) is 13.3. The van der Waals surface area contributed by atoms with Crippen LogP contribution in [0.5, 0.6) is 0 Å². The minimum absolute atomic E-state index is 0.0388. The molecule has 4 heteroatoms. The number of rotatable bonds is 4. The third-order valence-corrected chi connectivity index (χ3v) is 4.76. The van der Waals surface area contributed by atoms with Crippen molar-refractivity contribution in [2.45, 2.75) is 46.1 Å². The molecular weight excluding hydrogens is 286 g/mol. The Bertz CT molecular complexity index is 498. The second kappa shape index (κ2) is 6.27. The van der Waals surface area contributed by atoms with Gasteiger partial charge in [-0.3, -0.25) is 4.79 Å². The van der Waals surface area contributed by atoms with Crippen molar-refractivity contribution in [3.05, 3.63) is 29.3 Å². The summed E-state index contributed by atoms with van der Waals surface area (Å²) in [5.41, 5.74) is 1.29. The zero-order chi connectivity index (χ0) is 15.6. The van der Waals surface area contributed by atoms with Crippen molar-refractivity contribution < 1.29 is 9.90 Å². The van der Waals surface area contributed by atoms with E-state index in [1.807, 2.05) is 29.2 Å². The van der Waals surface area contributed by atoms with Gasteiger partial charge in [0.1, 0.15) is 6.54 Å². The van der Waals surface area contributed by atoms with Crippen LogP contribution >= 0.6 is 11.6 Å². The zero-order valence-electron chi connectivity index (χ0n) is 13.0. The van der Waals surface area contributed by atoms with E-state index in [4.69, 9.17) is 11.6 Å². The summed E-state index contributed by atoms with van der Waals surface area (Å²) >= 11 is 5.94. The smallest absolute Gasteiger partial charge is 0.323 e. The second-order valence-electron chi connectivity index (χ2n) is 6.95. The quantitative estimate of drug-likeness (QED) is 0.893. The van der Waals surface area contributed by atoms with Crippen LogP contribution in [-0.4, -0.2) is 23.7 Å². The first-order valence-electron chi connectivity index (χ1n) is 7.52. The largest absolute Gasteiger partial charge is 0.480 e. The highest BCUT2D eigenvalue weighted by Crippen LogP contribution is 2.41. The molecule has 0 aromatic heterocycles. The summed E-state index contributed by atoms with van der Waals surface area (Å²) in [5, 5.41) is 9.92. The van der Waals surface area contributed by atoms with Gasteiger partial charge in [-0.15, -0.1) is 0 Å². The summed E-state index contributed by atoms with van der Waals surface area (Å²) < 4.78 is 0. The maximum atomic E-state index is 11.3. The molecule has 0 radical (unpaired) electrons. The Hall–Kier alpha value is -1.22. The molecule has 2 atom stereocenters. The summed E-state index contributed by atoms with van der Waals surface area (Å²) in [6.07, 6.45) is 3.29. The van der Waals surface area contributed by atoms with Crippen LogP contribution < -0.4 is 4.90 Å². The molecule has 3 nitrogen and oxygen atoms in total. The van der Waals surface area contributed by atoms with Crippen LogP contribution in [0.1, 0.15) is 40.0 Å². The lowest BCUT2D eigenvalue weighted by molar-refractivity contribution is -0.135. The zero-order valence-corrected chi connectivity index (χ0v) is 13.7. The first kappa shape index (κ1) is 16.2. The molecule has 0 bridgehead atoms. The molecule has 21 heavy (non-hydrogen) atoms. The first-order chi connectivity index (χ1) is 9.78. The van der Waals surface area contributed by atoms with Crippen molar-refractivity contribution in [3.63, 3.8) is 0 Å². The molecule has 1 aliphatic carbocycles. The predicted molar refractivity (Wildman–Crippen MR) is 87.0 cm³/mol. The van der Waals surface area contributed by atoms with Gasteiger partial charge in [-0.1, -0.05) is 32.4 Å². The highest BCUT2D eigenvalue weighted by Gasteiger charge is 2.36. The molecule has 2 rings (SSSR count). The van der Waals surface area contributed by atoms with Gasteiger partial charge >= 0.3 is 5.97 Å². The lowest BCUT2D eigenvalue weighted by Crippen LogP contribution is -2.47. The van der Waals surface area contributed by atoms with Gasteiger partial charge < -0.3 is 10.0 Å². The fourth-order valence-corrected chi connectivity index (χ4v) is 3.70. The number of benzene rings is 1. The fourth-order valence-electron chi connectivity index (χ4n) is 3.57. The van der Waals surface area contributed by atoms with Gasteiger partial charge in [0.2, 0.25) is 0 Å². The minimum atomic E-state index is -0.790. The average Bonchev–Trinajstić information content (AvgIpc) is 2.36. The van der Waals surface area contributed by atoms with Gasteiger partial charge in [-0.2, -0.15) is 0 Å². The number of carbonyl (C=O) groups is 1. The van der Waals surface area contributed by atoms with E-state index in [1.165, 1.54) is 0 Å². The van der Waals surface area contributed by atoms with E-state index in [1.54, 1.807) is 0 Å². The number of aliphatic carboxylic acids is 1. The molecule has 1 saturated carbocycles. The number of hydrogen-bond acceptors (Lipinski definition) is 2. The Kier molecular flexibility index (Phi) is 4.82. The van der Waals surface area contributed by atoms with Crippen molar-refractivity contribution in [2.75, 3.05) is 11.4 Å². The van der Waals surface area contributed by atoms with Gasteiger partial charge in [0.05, 0.1) is 0 Å². The van der Waals surface area contributed by atoms with Crippen LogP contribution in [0.15, 0.2) is 24.3 Å². The topological polar surface area (TPSA) is 40.5 Å². The molecule has 116 valence electrons. The van der Waals surface area contributed by atoms with Crippen LogP contribution in [0, 0.1) is 11.3 Å². The van der Waals surface area contributed by atoms with E-state index in [-0.39, 0.29) is 12.6 Å². The molecule has 0 spiro atoms. The Balaban J connectivity index is 2.24. The standard InChI is InChI=1S/C17H24ClNO2/c1-12-10-17(2,3)9-8-15(12)19(11-16(20)21)14-6-4-13(18)5-7-14/h4-7,12,15H,8-11H2,1-3H3,(H,20,21). The van der Waals surface area contributed by atoms with Gasteiger partial charge in [0.15, 0.2) is 0 Å². The predicted octanol–water partition coefficient (Wildman–Crippen LogP) is 4.45. The van der Waals surface area contributed by atoms with E-state index in [9.17, 15) is 9.90 Å². The van der Waals surface area contributed by atoms with Crippen molar-refractivity contribution >= 4 is 23.3 Å². The monoisotopic (exact) mass is 309 g/mol. The van der Waals surface area contributed by atoms with E-state index in [2.05, 4.69) is 20.8 Å². The Morgan fingerprint density at radius 2 is 2.00 bits per heavy atom. The molecule has 0 amide bonds. The number of carboxylic acids is 1. The fraction of sp³-hybridized carbons (Fsp3) is 0.588.